The van der Waals surface area contributed by atoms with E-state index in [1.807, 2.05) is 6.07 Å². The molecule has 132 valence electrons. The third kappa shape index (κ3) is 3.75. The van der Waals surface area contributed by atoms with Gasteiger partial charge in [-0.1, -0.05) is 54.1 Å². The van der Waals surface area contributed by atoms with Crippen LogP contribution in [0.15, 0.2) is 70.1 Å². The smallest absolute Gasteiger partial charge is 0.137 e. The summed E-state index contributed by atoms with van der Waals surface area (Å²) in [6.07, 6.45) is 8.32. The maximum absolute atomic E-state index is 14.5. The Morgan fingerprint density at radius 1 is 1.12 bits per heavy atom. The first-order valence-corrected chi connectivity index (χ1v) is 9.94. The monoisotopic (exact) mass is 364 g/mol. The lowest BCUT2D eigenvalue weighted by molar-refractivity contribution is 0.600. The van der Waals surface area contributed by atoms with Crippen LogP contribution in [-0.2, 0) is 6.42 Å². The number of fused-ring (bicyclic) bond motifs is 1. The summed E-state index contributed by atoms with van der Waals surface area (Å²) >= 11 is 1.56. The van der Waals surface area contributed by atoms with Crippen LogP contribution in [0.4, 0.5) is 4.39 Å². The predicted octanol–water partition coefficient (Wildman–Crippen LogP) is 4.85. The van der Waals surface area contributed by atoms with E-state index in [1.165, 1.54) is 22.8 Å². The van der Waals surface area contributed by atoms with Gasteiger partial charge in [0.05, 0.1) is 4.90 Å². The molecular formula is C22H21FN2S. The summed E-state index contributed by atoms with van der Waals surface area (Å²) in [5, 5.41) is 3.31. The van der Waals surface area contributed by atoms with Crippen molar-refractivity contribution in [2.45, 2.75) is 17.7 Å². The number of benzene rings is 2. The van der Waals surface area contributed by atoms with Crippen LogP contribution in [0.3, 0.4) is 0 Å². The van der Waals surface area contributed by atoms with E-state index in [-0.39, 0.29) is 5.82 Å². The lowest BCUT2D eigenvalue weighted by atomic mass is 10.0. The van der Waals surface area contributed by atoms with E-state index >= 15 is 0 Å². The van der Waals surface area contributed by atoms with Crippen LogP contribution in [0.5, 0.6) is 0 Å². The van der Waals surface area contributed by atoms with E-state index < -0.39 is 0 Å². The van der Waals surface area contributed by atoms with Gasteiger partial charge in [-0.05, 0) is 36.1 Å². The topological polar surface area (TPSA) is 24.4 Å². The first-order chi connectivity index (χ1) is 12.8. The SMILES string of the molecule is Fc1cccc(C2=NCCCN2)c1SCC1=CC=Cc2ccccc2C1. The van der Waals surface area contributed by atoms with E-state index in [9.17, 15) is 4.39 Å². The largest absolute Gasteiger partial charge is 0.370 e. The van der Waals surface area contributed by atoms with Gasteiger partial charge in [0.2, 0.25) is 0 Å². The highest BCUT2D eigenvalue weighted by molar-refractivity contribution is 7.99. The van der Waals surface area contributed by atoms with Crippen LogP contribution in [0.2, 0.25) is 0 Å². The van der Waals surface area contributed by atoms with Gasteiger partial charge in [0.25, 0.3) is 0 Å². The van der Waals surface area contributed by atoms with Crippen molar-refractivity contribution < 1.29 is 4.39 Å². The van der Waals surface area contributed by atoms with Gasteiger partial charge in [-0.3, -0.25) is 4.99 Å². The van der Waals surface area contributed by atoms with E-state index in [0.717, 1.165) is 43.1 Å². The summed E-state index contributed by atoms with van der Waals surface area (Å²) in [6, 6.07) is 13.7. The maximum atomic E-state index is 14.5. The average Bonchev–Trinajstić information content (AvgIpc) is 2.89. The normalized spacial score (nSPS) is 16.2. The van der Waals surface area contributed by atoms with Gasteiger partial charge in [-0.2, -0.15) is 0 Å². The summed E-state index contributed by atoms with van der Waals surface area (Å²) in [4.78, 5) is 5.22. The van der Waals surface area contributed by atoms with Gasteiger partial charge in [-0.25, -0.2) is 4.39 Å². The second kappa shape index (κ2) is 7.92. The molecule has 2 aromatic carbocycles. The van der Waals surface area contributed by atoms with Gasteiger partial charge in [0.15, 0.2) is 0 Å². The Bertz CT molecular complexity index is 899. The molecule has 2 nitrogen and oxygen atoms in total. The number of rotatable bonds is 4. The van der Waals surface area contributed by atoms with Gasteiger partial charge >= 0.3 is 0 Å². The van der Waals surface area contributed by atoms with E-state index in [1.54, 1.807) is 17.8 Å². The van der Waals surface area contributed by atoms with Crippen LogP contribution in [-0.4, -0.2) is 24.7 Å². The Hall–Kier alpha value is -2.33. The Kier molecular flexibility index (Phi) is 5.21. The van der Waals surface area contributed by atoms with Crippen molar-refractivity contribution in [2.24, 2.45) is 4.99 Å². The zero-order valence-corrected chi connectivity index (χ0v) is 15.4. The number of halogens is 1. The highest BCUT2D eigenvalue weighted by Crippen LogP contribution is 2.30. The summed E-state index contributed by atoms with van der Waals surface area (Å²) in [5.41, 5.74) is 4.75. The minimum absolute atomic E-state index is 0.173. The third-order valence-electron chi connectivity index (χ3n) is 4.60. The number of nitrogens with one attached hydrogen (secondary N) is 1. The lowest BCUT2D eigenvalue weighted by Crippen LogP contribution is -2.30. The number of allylic oxidation sites excluding steroid dienone is 2. The Balaban J connectivity index is 1.54. The van der Waals surface area contributed by atoms with Gasteiger partial charge in [0.1, 0.15) is 11.7 Å². The molecule has 0 radical (unpaired) electrons. The fourth-order valence-electron chi connectivity index (χ4n) is 3.27. The van der Waals surface area contributed by atoms with Crippen molar-refractivity contribution in [2.75, 3.05) is 18.8 Å². The number of amidine groups is 1. The molecule has 1 N–H and O–H groups in total. The summed E-state index contributed by atoms with van der Waals surface area (Å²) in [6.45, 7) is 1.70. The molecule has 26 heavy (non-hydrogen) atoms. The van der Waals surface area contributed by atoms with Crippen molar-refractivity contribution in [3.8, 4) is 0 Å². The van der Waals surface area contributed by atoms with Crippen LogP contribution < -0.4 is 5.32 Å². The van der Waals surface area contributed by atoms with Gasteiger partial charge in [0, 0.05) is 24.4 Å². The molecule has 0 aromatic heterocycles. The van der Waals surface area contributed by atoms with E-state index in [0.29, 0.717) is 4.90 Å². The Morgan fingerprint density at radius 3 is 2.92 bits per heavy atom. The maximum Gasteiger partial charge on any atom is 0.137 e. The number of aliphatic imine (C=N–C) groups is 1. The second-order valence-corrected chi connectivity index (χ2v) is 7.46. The van der Waals surface area contributed by atoms with Crippen molar-refractivity contribution >= 4 is 23.7 Å². The van der Waals surface area contributed by atoms with Crippen LogP contribution in [0.1, 0.15) is 23.1 Å². The molecule has 0 amide bonds. The van der Waals surface area contributed by atoms with Gasteiger partial charge < -0.3 is 5.32 Å². The van der Waals surface area contributed by atoms with Crippen molar-refractivity contribution in [3.63, 3.8) is 0 Å². The summed E-state index contributed by atoms with van der Waals surface area (Å²) < 4.78 is 14.5. The molecule has 4 heteroatoms. The molecule has 2 aromatic rings. The number of hydrogen-bond acceptors (Lipinski definition) is 3. The summed E-state index contributed by atoms with van der Waals surface area (Å²) in [7, 11) is 0. The zero-order valence-electron chi connectivity index (χ0n) is 14.5. The minimum atomic E-state index is -0.173. The Labute approximate surface area is 157 Å². The van der Waals surface area contributed by atoms with Crippen molar-refractivity contribution in [1.82, 2.24) is 5.32 Å². The highest BCUT2D eigenvalue weighted by Gasteiger charge is 2.16. The molecular weight excluding hydrogens is 343 g/mol. The quantitative estimate of drug-likeness (QED) is 0.784. The van der Waals surface area contributed by atoms with E-state index in [2.05, 4.69) is 52.8 Å². The third-order valence-corrected chi connectivity index (χ3v) is 5.82. The molecule has 0 fully saturated rings. The van der Waals surface area contributed by atoms with Crippen LogP contribution in [0.25, 0.3) is 6.08 Å². The zero-order chi connectivity index (χ0) is 17.8. The Morgan fingerprint density at radius 2 is 2.04 bits per heavy atom. The number of thioether (sulfide) groups is 1. The molecule has 0 bridgehead atoms. The second-order valence-electron chi connectivity index (χ2n) is 6.48. The highest BCUT2D eigenvalue weighted by atomic mass is 32.2. The molecule has 1 aliphatic carbocycles. The molecule has 0 unspecified atom stereocenters. The first-order valence-electron chi connectivity index (χ1n) is 8.95. The first kappa shape index (κ1) is 17.1. The van der Waals surface area contributed by atoms with E-state index in [4.69, 9.17) is 0 Å². The number of hydrogen-bond donors (Lipinski definition) is 1. The minimum Gasteiger partial charge on any atom is -0.370 e. The standard InChI is InChI=1S/C22H21FN2S/c23-20-11-4-10-19(22-24-12-5-13-25-22)21(20)26-15-16-6-3-9-17-7-1-2-8-18(17)14-16/h1-4,6-11H,5,12-15H2,(H,24,25). The fourth-order valence-corrected chi connectivity index (χ4v) is 4.32. The summed E-state index contributed by atoms with van der Waals surface area (Å²) in [5.74, 6) is 1.41. The predicted molar refractivity (Wildman–Crippen MR) is 108 cm³/mol. The molecule has 0 saturated heterocycles. The molecule has 0 atom stereocenters. The molecule has 4 rings (SSSR count). The van der Waals surface area contributed by atoms with Crippen molar-refractivity contribution in [3.05, 3.63) is 82.7 Å². The number of nitrogens with zero attached hydrogens (tertiary/aromatic N) is 1. The fraction of sp³-hybridized carbons (Fsp3) is 0.227. The molecule has 0 spiro atoms. The molecule has 0 saturated carbocycles. The molecule has 2 aliphatic rings. The van der Waals surface area contributed by atoms with Crippen LogP contribution in [0, 0.1) is 5.82 Å². The average molecular weight is 364 g/mol. The van der Waals surface area contributed by atoms with Gasteiger partial charge in [-0.15, -0.1) is 11.8 Å². The molecule has 1 heterocycles. The lowest BCUT2D eigenvalue weighted by Gasteiger charge is -2.18. The molecule has 1 aliphatic heterocycles. The van der Waals surface area contributed by atoms with Crippen molar-refractivity contribution in [1.29, 1.82) is 0 Å². The van der Waals surface area contributed by atoms with Crippen LogP contribution >= 0.6 is 11.8 Å².